The van der Waals surface area contributed by atoms with Gasteiger partial charge in [-0.1, -0.05) is 88.5 Å². The minimum atomic E-state index is -2.17. The molecule has 9 nitrogen and oxygen atoms in total. The Morgan fingerprint density at radius 3 is 2.18 bits per heavy atom. The molecule has 0 saturated carbocycles. The second-order valence-electron chi connectivity index (χ2n) is 8.85. The monoisotopic (exact) mass is 496 g/mol. The quantitative estimate of drug-likeness (QED) is 0.117. The highest BCUT2D eigenvalue weighted by molar-refractivity contribution is 7.33. The minimum Gasteiger partial charge on any atom is -0.382 e. The fourth-order valence-corrected chi connectivity index (χ4v) is 4.35. The molecule has 0 fully saturated rings. The molecule has 0 bridgehead atoms. The van der Waals surface area contributed by atoms with Gasteiger partial charge in [0, 0.05) is 4.57 Å². The summed E-state index contributed by atoms with van der Waals surface area (Å²) in [5.41, 5.74) is 7.02. The minimum absolute atomic E-state index is 0.0985. The molecule has 0 aliphatic heterocycles. The van der Waals surface area contributed by atoms with Gasteiger partial charge in [-0.15, -0.1) is 4.52 Å². The molecule has 2 N–H and O–H groups in total. The van der Waals surface area contributed by atoms with E-state index >= 15 is 0 Å². The number of imidazole rings is 1. The van der Waals surface area contributed by atoms with Gasteiger partial charge < -0.3 is 15.0 Å². The molecule has 1 unspecified atom stereocenters. The molecular formula is C24H43N5O4P+. The molecule has 34 heavy (non-hydrogen) atoms. The van der Waals surface area contributed by atoms with Crippen molar-refractivity contribution >= 4 is 25.2 Å². The maximum atomic E-state index is 11.9. The first-order chi connectivity index (χ1) is 16.6. The zero-order valence-corrected chi connectivity index (χ0v) is 21.9. The van der Waals surface area contributed by atoms with Gasteiger partial charge >= 0.3 is 8.25 Å². The smallest absolute Gasteiger partial charge is 0.382 e. The van der Waals surface area contributed by atoms with Crippen molar-refractivity contribution in [3.63, 3.8) is 0 Å². The van der Waals surface area contributed by atoms with E-state index in [0.29, 0.717) is 30.1 Å². The third kappa shape index (κ3) is 11.6. The molecule has 2 rings (SSSR count). The second kappa shape index (κ2) is 17.7. The van der Waals surface area contributed by atoms with Gasteiger partial charge in [-0.25, -0.2) is 15.0 Å². The lowest BCUT2D eigenvalue weighted by atomic mass is 10.0. The molecule has 0 saturated heterocycles. The van der Waals surface area contributed by atoms with Crippen LogP contribution >= 0.6 is 8.25 Å². The SMILES string of the molecule is CCCCCCCCCCCCCCCO[P+](=O)OCO[C@H](C)Cn1cnc2c(N)ncnc21. The van der Waals surface area contributed by atoms with Gasteiger partial charge in [-0.3, -0.25) is 0 Å². The molecule has 2 atom stereocenters. The molecule has 0 spiro atoms. The van der Waals surface area contributed by atoms with E-state index in [1.165, 1.54) is 77.0 Å². The number of nitrogens with zero attached hydrogens (tertiary/aromatic N) is 4. The summed E-state index contributed by atoms with van der Waals surface area (Å²) < 4.78 is 29.7. The van der Waals surface area contributed by atoms with Crippen LogP contribution in [-0.2, 0) is 24.9 Å². The third-order valence-corrected chi connectivity index (χ3v) is 6.55. The van der Waals surface area contributed by atoms with E-state index in [4.69, 9.17) is 19.5 Å². The standard InChI is InChI=1S/C24H43N5O4P/c1-3-4-5-6-7-8-9-10-11-12-13-14-15-16-32-34(30)33-20-31-21(2)17-29-19-28-22-23(25)26-18-27-24(22)29/h18-19,21H,3-17,20H2,1-2H3,(H2,25,26,27)/q+1/t21-/m1/s1. The van der Waals surface area contributed by atoms with E-state index < -0.39 is 8.25 Å². The van der Waals surface area contributed by atoms with E-state index in [2.05, 4.69) is 21.9 Å². The van der Waals surface area contributed by atoms with Gasteiger partial charge in [0.25, 0.3) is 0 Å². The Labute approximate surface area is 205 Å². The number of unbranched alkanes of at least 4 members (excludes halogenated alkanes) is 12. The van der Waals surface area contributed by atoms with Crippen LogP contribution in [0.4, 0.5) is 5.82 Å². The van der Waals surface area contributed by atoms with Crippen LogP contribution in [0.3, 0.4) is 0 Å². The van der Waals surface area contributed by atoms with Crippen LogP contribution in [0.5, 0.6) is 0 Å². The van der Waals surface area contributed by atoms with Crippen molar-refractivity contribution in [2.24, 2.45) is 0 Å². The summed E-state index contributed by atoms with van der Waals surface area (Å²) in [7, 11) is -2.17. The number of hydrogen-bond acceptors (Lipinski definition) is 8. The molecule has 10 heteroatoms. The van der Waals surface area contributed by atoms with Crippen molar-refractivity contribution < 1.29 is 18.3 Å². The maximum Gasteiger partial charge on any atom is 0.699 e. The largest absolute Gasteiger partial charge is 0.699 e. The van der Waals surface area contributed by atoms with Gasteiger partial charge in [0.2, 0.25) is 6.79 Å². The molecule has 0 aliphatic rings. The summed E-state index contributed by atoms with van der Waals surface area (Å²) in [5, 5.41) is 0. The summed E-state index contributed by atoms with van der Waals surface area (Å²) in [6.45, 7) is 5.01. The van der Waals surface area contributed by atoms with Crippen LogP contribution in [0.2, 0.25) is 0 Å². The summed E-state index contributed by atoms with van der Waals surface area (Å²) in [5.74, 6) is 0.346. The van der Waals surface area contributed by atoms with Gasteiger partial charge in [-0.2, -0.15) is 0 Å². The maximum absolute atomic E-state index is 11.9. The second-order valence-corrected chi connectivity index (χ2v) is 9.82. The van der Waals surface area contributed by atoms with Crippen LogP contribution in [0.25, 0.3) is 11.2 Å². The number of ether oxygens (including phenoxy) is 1. The van der Waals surface area contributed by atoms with Crippen molar-refractivity contribution in [1.82, 2.24) is 19.5 Å². The first-order valence-corrected chi connectivity index (χ1v) is 14.0. The van der Waals surface area contributed by atoms with Gasteiger partial charge in [0.15, 0.2) is 11.5 Å². The Morgan fingerprint density at radius 2 is 1.53 bits per heavy atom. The van der Waals surface area contributed by atoms with Crippen molar-refractivity contribution in [1.29, 1.82) is 0 Å². The Balaban J connectivity index is 1.40. The van der Waals surface area contributed by atoms with Gasteiger partial charge in [0.05, 0.1) is 19.0 Å². The number of anilines is 1. The molecule has 0 amide bonds. The van der Waals surface area contributed by atoms with Crippen LogP contribution in [0.1, 0.15) is 97.3 Å². The lowest BCUT2D eigenvalue weighted by Gasteiger charge is -2.11. The number of hydrogen-bond donors (Lipinski definition) is 1. The van der Waals surface area contributed by atoms with E-state index in [9.17, 15) is 4.57 Å². The topological polar surface area (TPSA) is 114 Å². The summed E-state index contributed by atoms with van der Waals surface area (Å²) >= 11 is 0. The van der Waals surface area contributed by atoms with Gasteiger partial charge in [0.1, 0.15) is 18.5 Å². The molecule has 2 heterocycles. The Morgan fingerprint density at radius 1 is 0.912 bits per heavy atom. The van der Waals surface area contributed by atoms with E-state index in [0.717, 1.165) is 12.8 Å². The Kier molecular flexibility index (Phi) is 14.9. The van der Waals surface area contributed by atoms with Crippen molar-refractivity contribution in [3.8, 4) is 0 Å². The van der Waals surface area contributed by atoms with Crippen LogP contribution < -0.4 is 5.73 Å². The molecular weight excluding hydrogens is 453 g/mol. The molecule has 0 radical (unpaired) electrons. The molecule has 0 aromatic carbocycles. The predicted octanol–water partition coefficient (Wildman–Crippen LogP) is 6.55. The third-order valence-electron chi connectivity index (χ3n) is 5.84. The molecule has 2 aromatic rings. The van der Waals surface area contributed by atoms with E-state index in [-0.39, 0.29) is 12.9 Å². The fourth-order valence-electron chi connectivity index (χ4n) is 3.85. The van der Waals surface area contributed by atoms with Crippen molar-refractivity contribution in [2.45, 2.75) is 110 Å². The first-order valence-electron chi connectivity index (χ1n) is 12.9. The number of rotatable bonds is 21. The lowest BCUT2D eigenvalue weighted by molar-refractivity contribution is -0.0367. The summed E-state index contributed by atoms with van der Waals surface area (Å²) in [4.78, 5) is 12.4. The average Bonchev–Trinajstić information content (AvgIpc) is 3.23. The highest BCUT2D eigenvalue weighted by Gasteiger charge is 2.21. The molecule has 0 aliphatic carbocycles. The normalized spacial score (nSPS) is 12.9. The van der Waals surface area contributed by atoms with Gasteiger partial charge in [-0.05, 0) is 13.3 Å². The average molecular weight is 497 g/mol. The number of fused-ring (bicyclic) bond motifs is 1. The fraction of sp³-hybridized carbons (Fsp3) is 0.792. The molecule has 2 aromatic heterocycles. The number of nitrogens with two attached hydrogens (primary N) is 1. The van der Waals surface area contributed by atoms with E-state index in [1.54, 1.807) is 6.33 Å². The zero-order valence-electron chi connectivity index (χ0n) is 21.0. The van der Waals surface area contributed by atoms with Crippen molar-refractivity contribution in [2.75, 3.05) is 19.1 Å². The highest BCUT2D eigenvalue weighted by atomic mass is 31.1. The van der Waals surface area contributed by atoms with Crippen LogP contribution in [0.15, 0.2) is 12.7 Å². The number of aromatic nitrogens is 4. The van der Waals surface area contributed by atoms with Crippen molar-refractivity contribution in [3.05, 3.63) is 12.7 Å². The van der Waals surface area contributed by atoms with E-state index in [1.807, 2.05) is 11.5 Å². The summed E-state index contributed by atoms with van der Waals surface area (Å²) in [6, 6.07) is 0. The Hall–Kier alpha value is -1.67. The number of nitrogen functional groups attached to an aromatic ring is 1. The molecule has 192 valence electrons. The van der Waals surface area contributed by atoms with Crippen LogP contribution in [-0.4, -0.2) is 39.0 Å². The predicted molar refractivity (Wildman–Crippen MR) is 135 cm³/mol. The Bertz CT molecular complexity index is 820. The first kappa shape index (κ1) is 28.6. The zero-order chi connectivity index (χ0) is 24.4. The highest BCUT2D eigenvalue weighted by Crippen LogP contribution is 2.24. The van der Waals surface area contributed by atoms with Crippen LogP contribution in [0, 0.1) is 0 Å². The lowest BCUT2D eigenvalue weighted by Crippen LogP contribution is -2.17. The summed E-state index contributed by atoms with van der Waals surface area (Å²) in [6.07, 6.45) is 19.7.